The lowest BCUT2D eigenvalue weighted by atomic mass is 10.1. The van der Waals surface area contributed by atoms with Crippen LogP contribution in [0.25, 0.3) is 27.7 Å². The summed E-state index contributed by atoms with van der Waals surface area (Å²) in [6.45, 7) is 3.62. The minimum atomic E-state index is -0.553. The lowest BCUT2D eigenvalue weighted by molar-refractivity contribution is 0.102. The zero-order chi connectivity index (χ0) is 28.7. The van der Waals surface area contributed by atoms with Gasteiger partial charge in [-0.15, -0.1) is 0 Å². The predicted molar refractivity (Wildman–Crippen MR) is 154 cm³/mol. The Hall–Kier alpha value is -5.51. The van der Waals surface area contributed by atoms with Gasteiger partial charge in [-0.05, 0) is 86.1 Å². The Bertz CT molecular complexity index is 1970. The maximum absolute atomic E-state index is 13.4. The van der Waals surface area contributed by atoms with Crippen molar-refractivity contribution in [2.75, 3.05) is 5.32 Å². The highest BCUT2D eigenvalue weighted by Crippen LogP contribution is 2.38. The third-order valence-corrected chi connectivity index (χ3v) is 6.92. The van der Waals surface area contributed by atoms with Gasteiger partial charge in [0, 0.05) is 46.8 Å². The van der Waals surface area contributed by atoms with Gasteiger partial charge in [0.15, 0.2) is 0 Å². The fraction of sp³-hybridized carbons (Fsp3) is 0.0968. The summed E-state index contributed by atoms with van der Waals surface area (Å²) in [5.41, 5.74) is 4.52. The molecule has 204 valence electrons. The number of aromatic amines is 1. The van der Waals surface area contributed by atoms with Crippen LogP contribution in [0.3, 0.4) is 0 Å². The molecule has 3 aromatic carbocycles. The smallest absolute Gasteiger partial charge is 0.268 e. The van der Waals surface area contributed by atoms with Crippen LogP contribution in [0.4, 0.5) is 10.1 Å². The molecule has 0 spiro atoms. The molecule has 6 rings (SSSR count). The van der Waals surface area contributed by atoms with E-state index in [9.17, 15) is 14.0 Å². The number of nitrogens with zero attached hydrogens (tertiary/aromatic N) is 4. The number of anilines is 1. The molecule has 2 N–H and O–H groups in total. The van der Waals surface area contributed by atoms with E-state index in [4.69, 9.17) is 4.74 Å². The Kier molecular flexibility index (Phi) is 6.43. The number of aromatic nitrogens is 5. The summed E-state index contributed by atoms with van der Waals surface area (Å²) in [5.74, 6) is 0.271. The third kappa shape index (κ3) is 4.87. The number of benzene rings is 3. The van der Waals surface area contributed by atoms with E-state index in [1.54, 1.807) is 54.5 Å². The van der Waals surface area contributed by atoms with Crippen LogP contribution in [0.5, 0.6) is 11.5 Å². The van der Waals surface area contributed by atoms with Gasteiger partial charge in [0.05, 0.1) is 17.9 Å². The van der Waals surface area contributed by atoms with Crippen LogP contribution in [0.2, 0.25) is 0 Å². The Labute approximate surface area is 233 Å². The molecular formula is C31H25FN6O3. The highest BCUT2D eigenvalue weighted by atomic mass is 19.1. The summed E-state index contributed by atoms with van der Waals surface area (Å²) in [6.07, 6.45) is 5.30. The molecule has 1 amide bonds. The summed E-state index contributed by atoms with van der Waals surface area (Å²) in [6, 6.07) is 17.9. The molecule has 10 heteroatoms. The zero-order valence-electron chi connectivity index (χ0n) is 22.5. The van der Waals surface area contributed by atoms with Gasteiger partial charge in [0.25, 0.3) is 11.5 Å². The predicted octanol–water partition coefficient (Wildman–Crippen LogP) is 5.91. The number of hydrogen-bond donors (Lipinski definition) is 2. The molecular weight excluding hydrogens is 523 g/mol. The van der Waals surface area contributed by atoms with E-state index in [0.717, 1.165) is 27.6 Å². The second-order valence-electron chi connectivity index (χ2n) is 9.70. The van der Waals surface area contributed by atoms with Crippen molar-refractivity contribution in [2.45, 2.75) is 13.8 Å². The number of H-pyrrole nitrogens is 1. The van der Waals surface area contributed by atoms with Gasteiger partial charge in [-0.3, -0.25) is 23.9 Å². The topological polar surface area (TPSA) is 107 Å². The highest BCUT2D eigenvalue weighted by molar-refractivity contribution is 6.04. The fourth-order valence-corrected chi connectivity index (χ4v) is 4.76. The van der Waals surface area contributed by atoms with Crippen LogP contribution in [-0.4, -0.2) is 30.5 Å². The normalized spacial score (nSPS) is 11.1. The first-order chi connectivity index (χ1) is 19.8. The van der Waals surface area contributed by atoms with Crippen molar-refractivity contribution >= 4 is 22.5 Å². The van der Waals surface area contributed by atoms with Crippen molar-refractivity contribution in [1.29, 1.82) is 0 Å². The largest absolute Gasteiger partial charge is 0.456 e. The first-order valence-corrected chi connectivity index (χ1v) is 12.8. The number of amides is 1. The van der Waals surface area contributed by atoms with Gasteiger partial charge < -0.3 is 10.1 Å². The number of ether oxygens (including phenoxy) is 1. The molecule has 3 aromatic heterocycles. The minimum Gasteiger partial charge on any atom is -0.456 e. The fourth-order valence-electron chi connectivity index (χ4n) is 4.76. The zero-order valence-corrected chi connectivity index (χ0v) is 22.5. The molecule has 3 heterocycles. The molecule has 0 aliphatic rings. The van der Waals surface area contributed by atoms with E-state index in [-0.39, 0.29) is 5.56 Å². The molecule has 0 bridgehead atoms. The molecule has 0 aliphatic heterocycles. The number of aryl methyl sites for hydroxylation is 3. The molecule has 0 atom stereocenters. The quantitative estimate of drug-likeness (QED) is 0.269. The van der Waals surface area contributed by atoms with E-state index in [1.165, 1.54) is 34.9 Å². The number of carbonyl (C=O) groups excluding carboxylic acids is 1. The van der Waals surface area contributed by atoms with Crippen LogP contribution >= 0.6 is 0 Å². The van der Waals surface area contributed by atoms with Crippen molar-refractivity contribution in [3.8, 4) is 28.3 Å². The summed E-state index contributed by atoms with van der Waals surface area (Å²) >= 11 is 0. The Morgan fingerprint density at radius 3 is 2.51 bits per heavy atom. The number of rotatable bonds is 6. The van der Waals surface area contributed by atoms with Gasteiger partial charge in [0.2, 0.25) is 0 Å². The van der Waals surface area contributed by atoms with Gasteiger partial charge in [-0.25, -0.2) is 4.39 Å². The Morgan fingerprint density at radius 1 is 0.976 bits per heavy atom. The van der Waals surface area contributed by atoms with Crippen molar-refractivity contribution in [2.24, 2.45) is 7.05 Å². The number of pyridine rings is 1. The molecule has 0 aliphatic carbocycles. The second kappa shape index (κ2) is 10.2. The SMILES string of the molecule is Cc1cc(NC(=O)c2ccc(C)n(-c3ccc(F)cc3)c2=O)ccc1Oc1cc2cnn(C)c2cc1-c1cn[nH]c1. The summed E-state index contributed by atoms with van der Waals surface area (Å²) in [4.78, 5) is 26.4. The van der Waals surface area contributed by atoms with Crippen molar-refractivity contribution in [3.05, 3.63) is 118 Å². The lowest BCUT2D eigenvalue weighted by Crippen LogP contribution is -2.29. The van der Waals surface area contributed by atoms with E-state index in [2.05, 4.69) is 20.6 Å². The molecule has 0 saturated carbocycles. The van der Waals surface area contributed by atoms with Crippen LogP contribution in [0.15, 0.2) is 90.1 Å². The Morgan fingerprint density at radius 2 is 1.78 bits per heavy atom. The number of carbonyl (C=O) groups is 1. The summed E-state index contributed by atoms with van der Waals surface area (Å²) in [5, 5.41) is 15.0. The van der Waals surface area contributed by atoms with Crippen molar-refractivity contribution in [3.63, 3.8) is 0 Å². The average molecular weight is 549 g/mol. The van der Waals surface area contributed by atoms with Crippen LogP contribution in [0.1, 0.15) is 21.6 Å². The Balaban J connectivity index is 1.27. The van der Waals surface area contributed by atoms with E-state index >= 15 is 0 Å². The molecule has 6 aromatic rings. The van der Waals surface area contributed by atoms with Gasteiger partial charge in [-0.1, -0.05) is 0 Å². The van der Waals surface area contributed by atoms with Gasteiger partial charge >= 0.3 is 0 Å². The number of fused-ring (bicyclic) bond motifs is 1. The van der Waals surface area contributed by atoms with Gasteiger partial charge in [0.1, 0.15) is 22.9 Å². The van der Waals surface area contributed by atoms with Gasteiger partial charge in [-0.2, -0.15) is 10.2 Å². The van der Waals surface area contributed by atoms with Crippen LogP contribution < -0.4 is 15.6 Å². The molecule has 41 heavy (non-hydrogen) atoms. The van der Waals surface area contributed by atoms with Crippen LogP contribution in [-0.2, 0) is 7.05 Å². The van der Waals surface area contributed by atoms with E-state index in [1.807, 2.05) is 26.1 Å². The second-order valence-corrected chi connectivity index (χ2v) is 9.70. The standard InChI is InChI=1S/C31H25FN6O3/c1-18-12-23(36-30(39)25-10-4-19(2)38(31(25)40)24-8-5-22(32)6-9-24)7-11-28(18)41-29-13-20-17-35-37(3)27(20)14-26(29)21-15-33-34-16-21/h4-17H,1-3H3,(H,33,34)(H,36,39). The molecule has 9 nitrogen and oxygen atoms in total. The van der Waals surface area contributed by atoms with E-state index in [0.29, 0.717) is 28.6 Å². The summed E-state index contributed by atoms with van der Waals surface area (Å²) < 4.78 is 23.0. The number of nitrogens with one attached hydrogen (secondary N) is 2. The lowest BCUT2D eigenvalue weighted by Gasteiger charge is -2.15. The summed E-state index contributed by atoms with van der Waals surface area (Å²) in [7, 11) is 1.88. The molecule has 0 saturated heterocycles. The maximum Gasteiger partial charge on any atom is 0.268 e. The third-order valence-electron chi connectivity index (χ3n) is 6.92. The average Bonchev–Trinajstić information content (AvgIpc) is 3.61. The van der Waals surface area contributed by atoms with Crippen molar-refractivity contribution < 1.29 is 13.9 Å². The molecule has 0 radical (unpaired) electrons. The van der Waals surface area contributed by atoms with Crippen molar-refractivity contribution in [1.82, 2.24) is 24.5 Å². The first kappa shape index (κ1) is 25.8. The first-order valence-electron chi connectivity index (χ1n) is 12.8. The molecule has 0 fully saturated rings. The maximum atomic E-state index is 13.4. The number of hydrogen-bond acceptors (Lipinski definition) is 5. The minimum absolute atomic E-state index is 0.0348. The number of halogens is 1. The monoisotopic (exact) mass is 548 g/mol. The van der Waals surface area contributed by atoms with E-state index < -0.39 is 17.3 Å². The molecule has 0 unspecified atom stereocenters. The highest BCUT2D eigenvalue weighted by Gasteiger charge is 2.17. The van der Waals surface area contributed by atoms with Crippen LogP contribution in [0, 0.1) is 19.7 Å².